The number of halogens is 1. The minimum atomic E-state index is -3.53. The largest absolute Gasteiger partial charge is 0.316 e. The maximum absolute atomic E-state index is 13.5. The maximum atomic E-state index is 13.5. The Labute approximate surface area is 113 Å². The van der Waals surface area contributed by atoms with Crippen molar-refractivity contribution >= 4 is 10.0 Å². The average Bonchev–Trinajstić information content (AvgIpc) is 2.30. The van der Waals surface area contributed by atoms with Crippen LogP contribution >= 0.6 is 0 Å². The zero-order valence-electron chi connectivity index (χ0n) is 10.9. The van der Waals surface area contributed by atoms with Crippen molar-refractivity contribution in [1.29, 1.82) is 0 Å². The minimum absolute atomic E-state index is 0.124. The van der Waals surface area contributed by atoms with Crippen molar-refractivity contribution in [3.05, 3.63) is 29.6 Å². The second kappa shape index (κ2) is 5.98. The van der Waals surface area contributed by atoms with Crippen LogP contribution in [-0.2, 0) is 16.6 Å². The molecule has 0 radical (unpaired) electrons. The number of rotatable bonds is 6. The molecule has 1 aliphatic rings. The molecule has 0 aromatic heterocycles. The number of benzene rings is 1. The fraction of sp³-hybridized carbons (Fsp3) is 0.538. The first kappa shape index (κ1) is 14.4. The molecule has 0 spiro atoms. The molecule has 1 aliphatic carbocycles. The summed E-state index contributed by atoms with van der Waals surface area (Å²) in [6.07, 6.45) is 3.34. The van der Waals surface area contributed by atoms with Gasteiger partial charge in [-0.05, 0) is 44.0 Å². The monoisotopic (exact) mass is 286 g/mol. The van der Waals surface area contributed by atoms with E-state index in [-0.39, 0.29) is 4.90 Å². The summed E-state index contributed by atoms with van der Waals surface area (Å²) in [5, 5.41) is 2.82. The van der Waals surface area contributed by atoms with Crippen LogP contribution in [-0.4, -0.2) is 22.0 Å². The lowest BCUT2D eigenvalue weighted by molar-refractivity contribution is 0.316. The van der Waals surface area contributed by atoms with Gasteiger partial charge in [0.2, 0.25) is 10.0 Å². The van der Waals surface area contributed by atoms with E-state index in [0.717, 1.165) is 12.8 Å². The molecule has 0 aliphatic heterocycles. The summed E-state index contributed by atoms with van der Waals surface area (Å²) in [5.74, 6) is 0.0549. The van der Waals surface area contributed by atoms with Gasteiger partial charge in [0.05, 0.1) is 4.90 Å². The molecule has 106 valence electrons. The lowest BCUT2D eigenvalue weighted by atomic mass is 9.86. The van der Waals surface area contributed by atoms with Gasteiger partial charge in [0, 0.05) is 18.7 Å². The molecule has 19 heavy (non-hydrogen) atoms. The van der Waals surface area contributed by atoms with Crippen LogP contribution < -0.4 is 10.0 Å². The molecular formula is C13H19FN2O2S. The van der Waals surface area contributed by atoms with Crippen LogP contribution in [0.1, 0.15) is 24.8 Å². The number of hydrogen-bond acceptors (Lipinski definition) is 3. The normalized spacial score (nSPS) is 16.3. The first-order valence-electron chi connectivity index (χ1n) is 6.45. The molecule has 1 saturated carbocycles. The molecule has 1 aromatic carbocycles. The quantitative estimate of drug-likeness (QED) is 0.835. The lowest BCUT2D eigenvalue weighted by Crippen LogP contribution is -2.32. The molecule has 0 amide bonds. The van der Waals surface area contributed by atoms with Crippen LogP contribution in [0.4, 0.5) is 4.39 Å². The van der Waals surface area contributed by atoms with Crippen molar-refractivity contribution in [2.45, 2.75) is 30.7 Å². The molecule has 0 bridgehead atoms. The van der Waals surface area contributed by atoms with Crippen molar-refractivity contribution in [3.8, 4) is 0 Å². The first-order chi connectivity index (χ1) is 9.03. The van der Waals surface area contributed by atoms with E-state index >= 15 is 0 Å². The van der Waals surface area contributed by atoms with Crippen molar-refractivity contribution < 1.29 is 12.8 Å². The number of sulfonamides is 1. The van der Waals surface area contributed by atoms with Gasteiger partial charge in [-0.3, -0.25) is 0 Å². The van der Waals surface area contributed by atoms with E-state index < -0.39 is 15.8 Å². The van der Waals surface area contributed by atoms with Gasteiger partial charge < -0.3 is 5.32 Å². The molecule has 4 nitrogen and oxygen atoms in total. The molecule has 6 heteroatoms. The van der Waals surface area contributed by atoms with Crippen LogP contribution in [0.2, 0.25) is 0 Å². The van der Waals surface area contributed by atoms with Crippen molar-refractivity contribution in [2.24, 2.45) is 5.92 Å². The summed E-state index contributed by atoms with van der Waals surface area (Å²) in [6.45, 7) is 0.777. The van der Waals surface area contributed by atoms with E-state index in [1.165, 1.54) is 24.6 Å². The summed E-state index contributed by atoms with van der Waals surface area (Å²) >= 11 is 0. The van der Waals surface area contributed by atoms with E-state index in [1.54, 1.807) is 7.05 Å². The third-order valence-electron chi connectivity index (χ3n) is 3.48. The van der Waals surface area contributed by atoms with Gasteiger partial charge in [-0.1, -0.05) is 6.42 Å². The van der Waals surface area contributed by atoms with Gasteiger partial charge in [-0.2, -0.15) is 0 Å². The molecular weight excluding hydrogens is 267 g/mol. The standard InChI is InChI=1S/C13H19FN2O2S/c1-15-9-11-7-12(5-6-13(11)14)19(17,18)16-8-10-3-2-4-10/h5-7,10,15-16H,2-4,8-9H2,1H3. The van der Waals surface area contributed by atoms with E-state index in [2.05, 4.69) is 10.0 Å². The third-order valence-corrected chi connectivity index (χ3v) is 4.90. The molecule has 2 N–H and O–H groups in total. The van der Waals surface area contributed by atoms with Crippen molar-refractivity contribution in [1.82, 2.24) is 10.0 Å². The van der Waals surface area contributed by atoms with Crippen LogP contribution in [0.3, 0.4) is 0 Å². The highest BCUT2D eigenvalue weighted by Crippen LogP contribution is 2.26. The average molecular weight is 286 g/mol. The lowest BCUT2D eigenvalue weighted by Gasteiger charge is -2.25. The van der Waals surface area contributed by atoms with E-state index in [1.807, 2.05) is 0 Å². The molecule has 0 heterocycles. The summed E-state index contributed by atoms with van der Waals surface area (Å²) in [4.78, 5) is 0.124. The highest BCUT2D eigenvalue weighted by atomic mass is 32.2. The van der Waals surface area contributed by atoms with Crippen LogP contribution in [0.25, 0.3) is 0 Å². The van der Waals surface area contributed by atoms with Crippen molar-refractivity contribution in [2.75, 3.05) is 13.6 Å². The van der Waals surface area contributed by atoms with Gasteiger partial charge >= 0.3 is 0 Å². The smallest absolute Gasteiger partial charge is 0.240 e. The fourth-order valence-electron chi connectivity index (χ4n) is 2.05. The Kier molecular flexibility index (Phi) is 4.54. The van der Waals surface area contributed by atoms with Gasteiger partial charge in [-0.25, -0.2) is 17.5 Å². The predicted molar refractivity (Wildman–Crippen MR) is 71.7 cm³/mol. The highest BCUT2D eigenvalue weighted by molar-refractivity contribution is 7.89. The Morgan fingerprint density at radius 3 is 2.68 bits per heavy atom. The summed E-state index contributed by atoms with van der Waals surface area (Å²) in [5.41, 5.74) is 0.356. The summed E-state index contributed by atoms with van der Waals surface area (Å²) in [7, 11) is -1.84. The Hall–Kier alpha value is -0.980. The molecule has 2 rings (SSSR count). The predicted octanol–water partition coefficient (Wildman–Crippen LogP) is 1.62. The second-order valence-electron chi connectivity index (χ2n) is 4.93. The molecule has 1 fully saturated rings. The Balaban J connectivity index is 2.12. The molecule has 0 saturated heterocycles. The maximum Gasteiger partial charge on any atom is 0.240 e. The van der Waals surface area contributed by atoms with E-state index in [0.29, 0.717) is 24.6 Å². The van der Waals surface area contributed by atoms with Crippen molar-refractivity contribution in [3.63, 3.8) is 0 Å². The third kappa shape index (κ3) is 3.52. The number of nitrogens with one attached hydrogen (secondary N) is 2. The zero-order chi connectivity index (χ0) is 13.9. The van der Waals surface area contributed by atoms with Gasteiger partial charge in [0.1, 0.15) is 5.82 Å². The van der Waals surface area contributed by atoms with Gasteiger partial charge in [0.15, 0.2) is 0 Å². The SMILES string of the molecule is CNCc1cc(S(=O)(=O)NCC2CCC2)ccc1F. The van der Waals surface area contributed by atoms with Crippen LogP contribution in [0, 0.1) is 11.7 Å². The van der Waals surface area contributed by atoms with Crippen LogP contribution in [0.15, 0.2) is 23.1 Å². The highest BCUT2D eigenvalue weighted by Gasteiger charge is 2.21. The van der Waals surface area contributed by atoms with Crippen LogP contribution in [0.5, 0.6) is 0 Å². The molecule has 0 unspecified atom stereocenters. The van der Waals surface area contributed by atoms with Gasteiger partial charge in [0.25, 0.3) is 0 Å². The molecule has 1 aromatic rings. The Morgan fingerprint density at radius 1 is 1.37 bits per heavy atom. The summed E-state index contributed by atoms with van der Waals surface area (Å²) in [6, 6.07) is 3.89. The van der Waals surface area contributed by atoms with E-state index in [9.17, 15) is 12.8 Å². The summed E-state index contributed by atoms with van der Waals surface area (Å²) < 4.78 is 40.2. The second-order valence-corrected chi connectivity index (χ2v) is 6.70. The Morgan fingerprint density at radius 2 is 2.11 bits per heavy atom. The molecule has 0 atom stereocenters. The zero-order valence-corrected chi connectivity index (χ0v) is 11.8. The minimum Gasteiger partial charge on any atom is -0.316 e. The topological polar surface area (TPSA) is 58.2 Å². The fourth-order valence-corrected chi connectivity index (χ4v) is 3.22. The number of hydrogen-bond donors (Lipinski definition) is 2. The first-order valence-corrected chi connectivity index (χ1v) is 7.94. The Bertz CT molecular complexity index is 542. The van der Waals surface area contributed by atoms with Gasteiger partial charge in [-0.15, -0.1) is 0 Å². The van der Waals surface area contributed by atoms with E-state index in [4.69, 9.17) is 0 Å².